The fourth-order valence-corrected chi connectivity index (χ4v) is 3.71. The summed E-state index contributed by atoms with van der Waals surface area (Å²) in [5, 5.41) is 0. The van der Waals surface area contributed by atoms with Crippen molar-refractivity contribution in [3.63, 3.8) is 0 Å². The molecule has 0 saturated heterocycles. The second-order valence-electron chi connectivity index (χ2n) is 6.61. The molecule has 148 valence electrons. The zero-order valence-electron chi connectivity index (χ0n) is 16.3. The van der Waals surface area contributed by atoms with Crippen molar-refractivity contribution in [2.24, 2.45) is 0 Å². The molecule has 0 spiro atoms. The summed E-state index contributed by atoms with van der Waals surface area (Å²) in [6.45, 7) is 2.08. The molecule has 8 heteroatoms. The lowest BCUT2D eigenvalue weighted by molar-refractivity contribution is 0.414. The Morgan fingerprint density at radius 1 is 1.14 bits per heavy atom. The van der Waals surface area contributed by atoms with Crippen molar-refractivity contribution in [3.05, 3.63) is 80.8 Å². The van der Waals surface area contributed by atoms with Crippen LogP contribution in [0.1, 0.15) is 11.1 Å². The van der Waals surface area contributed by atoms with Crippen molar-refractivity contribution >= 4 is 22.9 Å². The Labute approximate surface area is 171 Å². The number of imidazole rings is 1. The van der Waals surface area contributed by atoms with Gasteiger partial charge in [-0.2, -0.15) is 0 Å². The third-order valence-corrected chi connectivity index (χ3v) is 5.59. The van der Waals surface area contributed by atoms with Crippen LogP contribution in [0.15, 0.2) is 63.3 Å². The maximum atomic E-state index is 13.4. The van der Waals surface area contributed by atoms with Crippen LogP contribution >= 0.6 is 11.8 Å². The lowest BCUT2D eigenvalue weighted by atomic mass is 10.2. The number of rotatable bonds is 5. The minimum absolute atomic E-state index is 0.151. The van der Waals surface area contributed by atoms with Gasteiger partial charge in [-0.1, -0.05) is 18.2 Å². The molecule has 29 heavy (non-hydrogen) atoms. The Morgan fingerprint density at radius 2 is 1.90 bits per heavy atom. The Kier molecular flexibility index (Phi) is 5.02. The zero-order chi connectivity index (χ0) is 20.5. The predicted molar refractivity (Wildman–Crippen MR) is 115 cm³/mol. The molecule has 0 aliphatic carbocycles. The number of aromatic amines is 1. The second-order valence-corrected chi connectivity index (χ2v) is 7.49. The van der Waals surface area contributed by atoms with Crippen LogP contribution < -0.4 is 16.0 Å². The third-order valence-electron chi connectivity index (χ3n) is 4.87. The summed E-state index contributed by atoms with van der Waals surface area (Å²) in [4.78, 5) is 34.6. The molecule has 0 fully saturated rings. The number of benzene rings is 2. The number of fused-ring (bicyclic) bond motifs is 1. The van der Waals surface area contributed by atoms with Gasteiger partial charge in [-0.25, -0.2) is 14.3 Å². The molecule has 4 aromatic rings. The molecule has 0 radical (unpaired) electrons. The molecule has 0 aliphatic rings. The number of nitrogens with one attached hydrogen (secondary N) is 1. The SMILES string of the molecule is COc1ccc(Cn2c(=O)c3[nH]cnc3n(-c3cc(SC)ccc3C)c2=O)cc1. The lowest BCUT2D eigenvalue weighted by Gasteiger charge is -2.14. The maximum absolute atomic E-state index is 13.4. The molecule has 0 unspecified atom stereocenters. The average molecular weight is 408 g/mol. The molecule has 4 rings (SSSR count). The number of aromatic nitrogens is 4. The summed E-state index contributed by atoms with van der Waals surface area (Å²) in [5.41, 5.74) is 2.26. The van der Waals surface area contributed by atoms with E-state index in [1.54, 1.807) is 31.0 Å². The number of aryl methyl sites for hydroxylation is 1. The van der Waals surface area contributed by atoms with E-state index in [9.17, 15) is 9.59 Å². The monoisotopic (exact) mass is 408 g/mol. The molecule has 0 aliphatic heterocycles. The standard InChI is InChI=1S/C21H20N4O3S/c1-13-4-9-16(29-3)10-17(13)25-19-18(22-12-23-19)20(26)24(21(25)27)11-14-5-7-15(28-2)8-6-14/h4-10,12H,11H2,1-3H3,(H,22,23). The van der Waals surface area contributed by atoms with Crippen LogP contribution in [0, 0.1) is 6.92 Å². The molecular weight excluding hydrogens is 388 g/mol. The summed E-state index contributed by atoms with van der Waals surface area (Å²) >= 11 is 1.59. The number of hydrogen-bond donors (Lipinski definition) is 1. The van der Waals surface area contributed by atoms with Crippen LogP contribution in [0.25, 0.3) is 16.9 Å². The molecule has 0 saturated carbocycles. The van der Waals surface area contributed by atoms with E-state index in [1.807, 2.05) is 43.5 Å². The lowest BCUT2D eigenvalue weighted by Crippen LogP contribution is -2.40. The van der Waals surface area contributed by atoms with E-state index in [2.05, 4.69) is 9.97 Å². The molecule has 0 atom stereocenters. The number of ether oxygens (including phenoxy) is 1. The van der Waals surface area contributed by atoms with Crippen molar-refractivity contribution in [3.8, 4) is 11.4 Å². The summed E-state index contributed by atoms with van der Waals surface area (Å²) in [6, 6.07) is 13.2. The average Bonchev–Trinajstić information content (AvgIpc) is 3.22. The van der Waals surface area contributed by atoms with Gasteiger partial charge >= 0.3 is 5.69 Å². The first-order valence-corrected chi connectivity index (χ1v) is 10.2. The summed E-state index contributed by atoms with van der Waals surface area (Å²) in [6.07, 6.45) is 3.42. The molecule has 1 N–H and O–H groups in total. The van der Waals surface area contributed by atoms with E-state index in [1.165, 1.54) is 15.5 Å². The normalized spacial score (nSPS) is 11.1. The molecule has 2 aromatic carbocycles. The summed E-state index contributed by atoms with van der Waals surface area (Å²) < 4.78 is 7.91. The van der Waals surface area contributed by atoms with Gasteiger partial charge in [-0.05, 0) is 48.6 Å². The highest BCUT2D eigenvalue weighted by atomic mass is 32.2. The van der Waals surface area contributed by atoms with E-state index in [4.69, 9.17) is 4.74 Å². The first kappa shape index (κ1) is 19.1. The molecule has 0 amide bonds. The van der Waals surface area contributed by atoms with Gasteiger partial charge in [0.15, 0.2) is 5.65 Å². The number of methoxy groups -OCH3 is 1. The number of H-pyrrole nitrogens is 1. The van der Waals surface area contributed by atoms with Crippen LogP contribution in [0.4, 0.5) is 0 Å². The Hall–Kier alpha value is -3.26. The van der Waals surface area contributed by atoms with Gasteiger partial charge in [-0.15, -0.1) is 11.8 Å². The van der Waals surface area contributed by atoms with Crippen molar-refractivity contribution in [1.29, 1.82) is 0 Å². The molecule has 2 aromatic heterocycles. The van der Waals surface area contributed by atoms with Gasteiger partial charge in [-0.3, -0.25) is 9.36 Å². The summed E-state index contributed by atoms with van der Waals surface area (Å²) in [7, 11) is 1.59. The van der Waals surface area contributed by atoms with Gasteiger partial charge in [0.1, 0.15) is 11.3 Å². The maximum Gasteiger partial charge on any atom is 0.337 e. The summed E-state index contributed by atoms with van der Waals surface area (Å²) in [5.74, 6) is 0.715. The van der Waals surface area contributed by atoms with Gasteiger partial charge in [0.2, 0.25) is 0 Å². The fraction of sp³-hybridized carbons (Fsp3) is 0.190. The highest BCUT2D eigenvalue weighted by Crippen LogP contribution is 2.23. The first-order valence-electron chi connectivity index (χ1n) is 9.00. The zero-order valence-corrected chi connectivity index (χ0v) is 17.1. The van der Waals surface area contributed by atoms with Gasteiger partial charge in [0.05, 0.1) is 25.7 Å². The second kappa shape index (κ2) is 7.63. The van der Waals surface area contributed by atoms with Crippen molar-refractivity contribution in [2.45, 2.75) is 18.4 Å². The van der Waals surface area contributed by atoms with Crippen LogP contribution in [0.5, 0.6) is 5.75 Å². The minimum atomic E-state index is -0.424. The van der Waals surface area contributed by atoms with Crippen LogP contribution in [-0.2, 0) is 6.54 Å². The number of thioether (sulfide) groups is 1. The Morgan fingerprint density at radius 3 is 2.59 bits per heavy atom. The number of nitrogens with zero attached hydrogens (tertiary/aromatic N) is 3. The largest absolute Gasteiger partial charge is 0.497 e. The molecule has 2 heterocycles. The quantitative estimate of drug-likeness (QED) is 0.514. The van der Waals surface area contributed by atoms with Gasteiger partial charge in [0, 0.05) is 4.90 Å². The van der Waals surface area contributed by atoms with E-state index < -0.39 is 11.2 Å². The van der Waals surface area contributed by atoms with Crippen LogP contribution in [-0.4, -0.2) is 32.5 Å². The van der Waals surface area contributed by atoms with Gasteiger partial charge in [0.25, 0.3) is 5.56 Å². The first-order chi connectivity index (χ1) is 14.0. The highest BCUT2D eigenvalue weighted by molar-refractivity contribution is 7.98. The third kappa shape index (κ3) is 3.36. The Bertz CT molecular complexity index is 1300. The Balaban J connectivity index is 1.95. The van der Waals surface area contributed by atoms with E-state index in [0.29, 0.717) is 22.6 Å². The minimum Gasteiger partial charge on any atom is -0.497 e. The van der Waals surface area contributed by atoms with E-state index in [0.717, 1.165) is 16.0 Å². The smallest absolute Gasteiger partial charge is 0.337 e. The van der Waals surface area contributed by atoms with E-state index >= 15 is 0 Å². The van der Waals surface area contributed by atoms with E-state index in [-0.39, 0.29) is 6.54 Å². The van der Waals surface area contributed by atoms with Crippen molar-refractivity contribution in [1.82, 2.24) is 19.1 Å². The molecule has 7 nitrogen and oxygen atoms in total. The molecular formula is C21H20N4O3S. The van der Waals surface area contributed by atoms with Crippen molar-refractivity contribution in [2.75, 3.05) is 13.4 Å². The van der Waals surface area contributed by atoms with Crippen molar-refractivity contribution < 1.29 is 4.74 Å². The van der Waals surface area contributed by atoms with Gasteiger partial charge < -0.3 is 9.72 Å². The predicted octanol–water partition coefficient (Wildman–Crippen LogP) is 2.96. The highest BCUT2D eigenvalue weighted by Gasteiger charge is 2.18. The number of hydrogen-bond acceptors (Lipinski definition) is 5. The molecule has 0 bridgehead atoms. The van der Waals surface area contributed by atoms with Crippen LogP contribution in [0.2, 0.25) is 0 Å². The fourth-order valence-electron chi connectivity index (χ4n) is 3.27. The topological polar surface area (TPSA) is 81.9 Å². The van der Waals surface area contributed by atoms with Crippen LogP contribution in [0.3, 0.4) is 0 Å².